The number of hydrogen-bond acceptors (Lipinski definition) is 4. The number of aromatic nitrogens is 2. The van der Waals surface area contributed by atoms with Crippen LogP contribution in [-0.4, -0.2) is 49.1 Å². The molecule has 0 aliphatic carbocycles. The highest BCUT2D eigenvalue weighted by molar-refractivity contribution is 6.29. The lowest BCUT2D eigenvalue weighted by atomic mass is 10.3. The van der Waals surface area contributed by atoms with E-state index in [1.807, 2.05) is 20.0 Å². The molecule has 0 fully saturated rings. The molecule has 0 saturated carbocycles. The Morgan fingerprint density at radius 2 is 1.88 bits per heavy atom. The summed E-state index contributed by atoms with van der Waals surface area (Å²) >= 11 is 5.97. The first-order valence-electron chi connectivity index (χ1n) is 5.92. The Morgan fingerprint density at radius 1 is 1.18 bits per heavy atom. The van der Waals surface area contributed by atoms with Gasteiger partial charge in [0.15, 0.2) is 0 Å². The predicted molar refractivity (Wildman–Crippen MR) is 72.9 cm³/mol. The van der Waals surface area contributed by atoms with Crippen LogP contribution in [0.1, 0.15) is 19.2 Å². The van der Waals surface area contributed by atoms with Crippen molar-refractivity contribution in [2.24, 2.45) is 0 Å². The van der Waals surface area contributed by atoms with Crippen molar-refractivity contribution in [2.75, 3.05) is 39.1 Å². The van der Waals surface area contributed by atoms with Gasteiger partial charge in [0.1, 0.15) is 16.8 Å². The van der Waals surface area contributed by atoms with Crippen LogP contribution in [0.15, 0.2) is 6.07 Å². The zero-order valence-electron chi connectivity index (χ0n) is 11.1. The first kappa shape index (κ1) is 14.2. The number of aryl methyl sites for hydroxylation is 1. The maximum Gasteiger partial charge on any atom is 0.134 e. The van der Waals surface area contributed by atoms with E-state index in [1.54, 1.807) is 0 Å². The normalized spacial score (nSPS) is 10.9. The fraction of sp³-hybridized carbons (Fsp3) is 0.667. The summed E-state index contributed by atoms with van der Waals surface area (Å²) in [6.07, 6.45) is 1.91. The molecule has 1 aromatic heterocycles. The second kappa shape index (κ2) is 6.77. The maximum absolute atomic E-state index is 5.97. The van der Waals surface area contributed by atoms with E-state index in [0.717, 1.165) is 37.6 Å². The molecule has 5 heteroatoms. The summed E-state index contributed by atoms with van der Waals surface area (Å²) in [5.74, 6) is 1.70. The molecular weight excluding hydrogens is 236 g/mol. The van der Waals surface area contributed by atoms with Gasteiger partial charge in [-0.15, -0.1) is 0 Å². The average Bonchev–Trinajstić information content (AvgIpc) is 2.27. The van der Waals surface area contributed by atoms with Crippen LogP contribution in [-0.2, 0) is 6.42 Å². The van der Waals surface area contributed by atoms with Crippen LogP contribution in [0.2, 0.25) is 5.15 Å². The molecule has 0 atom stereocenters. The fourth-order valence-corrected chi connectivity index (χ4v) is 1.74. The summed E-state index contributed by atoms with van der Waals surface area (Å²) < 4.78 is 0. The third-order valence-electron chi connectivity index (χ3n) is 2.53. The monoisotopic (exact) mass is 256 g/mol. The number of halogens is 1. The summed E-state index contributed by atoms with van der Waals surface area (Å²) in [5, 5.41) is 0.520. The van der Waals surface area contributed by atoms with Crippen molar-refractivity contribution < 1.29 is 0 Å². The average molecular weight is 257 g/mol. The van der Waals surface area contributed by atoms with Gasteiger partial charge in [0.25, 0.3) is 0 Å². The molecule has 0 spiro atoms. The molecule has 0 aliphatic rings. The number of anilines is 1. The smallest absolute Gasteiger partial charge is 0.134 e. The number of nitrogens with zero attached hydrogens (tertiary/aromatic N) is 4. The van der Waals surface area contributed by atoms with Gasteiger partial charge in [-0.25, -0.2) is 9.97 Å². The van der Waals surface area contributed by atoms with E-state index in [2.05, 4.69) is 33.9 Å². The SMILES string of the molecule is CCc1nc(Cl)cc(N(C)CCCN(C)C)n1. The highest BCUT2D eigenvalue weighted by Gasteiger charge is 2.06. The van der Waals surface area contributed by atoms with Gasteiger partial charge >= 0.3 is 0 Å². The molecule has 0 radical (unpaired) electrons. The molecule has 0 bridgehead atoms. The van der Waals surface area contributed by atoms with Crippen molar-refractivity contribution in [3.05, 3.63) is 17.0 Å². The molecular formula is C12H21ClN4. The maximum atomic E-state index is 5.97. The van der Waals surface area contributed by atoms with Gasteiger partial charge in [-0.3, -0.25) is 0 Å². The Hall–Kier alpha value is -0.870. The fourth-order valence-electron chi connectivity index (χ4n) is 1.54. The van der Waals surface area contributed by atoms with Crippen molar-refractivity contribution in [3.63, 3.8) is 0 Å². The zero-order chi connectivity index (χ0) is 12.8. The first-order valence-corrected chi connectivity index (χ1v) is 6.30. The molecule has 0 saturated heterocycles. The molecule has 17 heavy (non-hydrogen) atoms. The summed E-state index contributed by atoms with van der Waals surface area (Å²) in [5.41, 5.74) is 0. The molecule has 0 N–H and O–H groups in total. The van der Waals surface area contributed by atoms with E-state index >= 15 is 0 Å². The van der Waals surface area contributed by atoms with Gasteiger partial charge < -0.3 is 9.80 Å². The van der Waals surface area contributed by atoms with Gasteiger partial charge in [0.05, 0.1) is 0 Å². The van der Waals surface area contributed by atoms with Crippen molar-refractivity contribution >= 4 is 17.4 Å². The number of hydrogen-bond donors (Lipinski definition) is 0. The Kier molecular flexibility index (Phi) is 5.65. The minimum absolute atomic E-state index is 0.520. The second-order valence-corrected chi connectivity index (χ2v) is 4.78. The Morgan fingerprint density at radius 3 is 2.47 bits per heavy atom. The van der Waals surface area contributed by atoms with E-state index in [1.165, 1.54) is 0 Å². The quantitative estimate of drug-likeness (QED) is 0.730. The predicted octanol–water partition coefficient (Wildman–Crippen LogP) is 2.08. The van der Waals surface area contributed by atoms with Crippen LogP contribution >= 0.6 is 11.6 Å². The van der Waals surface area contributed by atoms with Crippen molar-refractivity contribution in [1.82, 2.24) is 14.9 Å². The topological polar surface area (TPSA) is 32.3 Å². The van der Waals surface area contributed by atoms with E-state index in [4.69, 9.17) is 11.6 Å². The zero-order valence-corrected chi connectivity index (χ0v) is 11.8. The van der Waals surface area contributed by atoms with E-state index < -0.39 is 0 Å². The standard InChI is InChI=1S/C12H21ClN4/c1-5-11-14-10(13)9-12(15-11)17(4)8-6-7-16(2)3/h9H,5-8H2,1-4H3. The van der Waals surface area contributed by atoms with Gasteiger partial charge in [-0.05, 0) is 27.1 Å². The third-order valence-corrected chi connectivity index (χ3v) is 2.73. The second-order valence-electron chi connectivity index (χ2n) is 4.40. The van der Waals surface area contributed by atoms with E-state index in [9.17, 15) is 0 Å². The van der Waals surface area contributed by atoms with Crippen LogP contribution in [0.5, 0.6) is 0 Å². The number of rotatable bonds is 6. The molecule has 1 rings (SSSR count). The molecule has 0 amide bonds. The summed E-state index contributed by atoms with van der Waals surface area (Å²) in [4.78, 5) is 12.9. The molecule has 0 aromatic carbocycles. The summed E-state index contributed by atoms with van der Waals surface area (Å²) in [7, 11) is 6.20. The van der Waals surface area contributed by atoms with Gasteiger partial charge in [0, 0.05) is 26.1 Å². The Balaban J connectivity index is 2.61. The van der Waals surface area contributed by atoms with Crippen LogP contribution < -0.4 is 4.90 Å². The van der Waals surface area contributed by atoms with E-state index in [0.29, 0.717) is 5.15 Å². The van der Waals surface area contributed by atoms with Crippen molar-refractivity contribution in [1.29, 1.82) is 0 Å². The molecule has 1 heterocycles. The van der Waals surface area contributed by atoms with Crippen molar-refractivity contribution in [3.8, 4) is 0 Å². The Bertz CT molecular complexity index is 354. The molecule has 0 aliphatic heterocycles. The Labute approximate surface area is 109 Å². The first-order chi connectivity index (χ1) is 8.02. The van der Waals surface area contributed by atoms with Gasteiger partial charge in [-0.1, -0.05) is 18.5 Å². The highest BCUT2D eigenvalue weighted by atomic mass is 35.5. The van der Waals surface area contributed by atoms with Crippen LogP contribution in [0, 0.1) is 0 Å². The molecule has 1 aromatic rings. The lowest BCUT2D eigenvalue weighted by Crippen LogP contribution is -2.24. The molecule has 0 unspecified atom stereocenters. The van der Waals surface area contributed by atoms with Gasteiger partial charge in [-0.2, -0.15) is 0 Å². The lowest BCUT2D eigenvalue weighted by Gasteiger charge is -2.19. The van der Waals surface area contributed by atoms with E-state index in [-0.39, 0.29) is 0 Å². The third kappa shape index (κ3) is 4.88. The highest BCUT2D eigenvalue weighted by Crippen LogP contribution is 2.15. The van der Waals surface area contributed by atoms with Crippen LogP contribution in [0.3, 0.4) is 0 Å². The summed E-state index contributed by atoms with van der Waals surface area (Å²) in [6, 6.07) is 1.82. The van der Waals surface area contributed by atoms with Gasteiger partial charge in [0.2, 0.25) is 0 Å². The lowest BCUT2D eigenvalue weighted by molar-refractivity contribution is 0.401. The summed E-state index contributed by atoms with van der Waals surface area (Å²) in [6.45, 7) is 4.07. The van der Waals surface area contributed by atoms with Crippen molar-refractivity contribution in [2.45, 2.75) is 19.8 Å². The molecule has 96 valence electrons. The molecule has 4 nitrogen and oxygen atoms in total. The largest absolute Gasteiger partial charge is 0.359 e. The van der Waals surface area contributed by atoms with Crippen LogP contribution in [0.4, 0.5) is 5.82 Å². The van der Waals surface area contributed by atoms with Crippen LogP contribution in [0.25, 0.3) is 0 Å². The minimum Gasteiger partial charge on any atom is -0.359 e. The minimum atomic E-state index is 0.520.